The van der Waals surface area contributed by atoms with E-state index in [1.165, 1.54) is 11.3 Å². The second-order valence-electron chi connectivity index (χ2n) is 7.52. The first kappa shape index (κ1) is 18.4. The first-order valence-corrected chi connectivity index (χ1v) is 9.97. The summed E-state index contributed by atoms with van der Waals surface area (Å²) >= 11 is 0. The average Bonchev–Trinajstić information content (AvgIpc) is 3.01. The Morgan fingerprint density at radius 3 is 2.61 bits per heavy atom. The molecule has 5 nitrogen and oxygen atoms in total. The largest absolute Gasteiger partial charge is 0.497 e. The number of nitrogens with one attached hydrogen (secondary N) is 1. The van der Waals surface area contributed by atoms with Crippen molar-refractivity contribution in [2.75, 3.05) is 12.4 Å². The maximum absolute atomic E-state index is 11.8. The van der Waals surface area contributed by atoms with Crippen LogP contribution in [0.4, 0.5) is 5.82 Å². The smallest absolute Gasteiger partial charge is 0.157 e. The van der Waals surface area contributed by atoms with Crippen LogP contribution >= 0.6 is 0 Å². The number of nitriles is 1. The number of ether oxygens (including phenoxy) is 1. The fraction of sp³-hybridized carbons (Fsp3) is 0.391. The average molecular weight is 375 g/mol. The van der Waals surface area contributed by atoms with Crippen molar-refractivity contribution in [3.63, 3.8) is 0 Å². The highest BCUT2D eigenvalue weighted by molar-refractivity contribution is 5.91. The van der Waals surface area contributed by atoms with E-state index in [0.29, 0.717) is 13.0 Å². The van der Waals surface area contributed by atoms with Crippen LogP contribution in [0.15, 0.2) is 36.0 Å². The number of carbonyl (C=O) groups is 1. The van der Waals surface area contributed by atoms with Crippen LogP contribution in [-0.4, -0.2) is 17.5 Å². The van der Waals surface area contributed by atoms with Crippen LogP contribution in [0.5, 0.6) is 5.75 Å². The van der Waals surface area contributed by atoms with Crippen LogP contribution in [-0.2, 0) is 24.2 Å². The van der Waals surface area contributed by atoms with E-state index in [-0.39, 0.29) is 5.78 Å². The van der Waals surface area contributed by atoms with Crippen LogP contribution in [0.2, 0.25) is 0 Å². The Balaban J connectivity index is 1.75. The summed E-state index contributed by atoms with van der Waals surface area (Å²) in [6.07, 6.45) is 8.21. The molecule has 0 atom stereocenters. The molecule has 0 amide bonds. The minimum Gasteiger partial charge on any atom is -0.497 e. The Bertz CT molecular complexity index is 961. The standard InChI is InChI=1S/C23H25N3O2/c1-28-19-11-9-16(10-12-19)15-26-22-8-3-2-7-20(22)21(14-24)23(26)25-17-5-4-6-18(27)13-17/h9-13,25H,2-8,15H2,1H3. The third-order valence-corrected chi connectivity index (χ3v) is 5.67. The van der Waals surface area contributed by atoms with E-state index in [0.717, 1.165) is 66.9 Å². The Hall–Kier alpha value is -3.00. The fourth-order valence-corrected chi connectivity index (χ4v) is 4.25. The maximum atomic E-state index is 11.8. The van der Waals surface area contributed by atoms with Crippen LogP contribution in [0.1, 0.15) is 54.5 Å². The van der Waals surface area contributed by atoms with E-state index in [4.69, 9.17) is 4.74 Å². The molecule has 0 fully saturated rings. The summed E-state index contributed by atoms with van der Waals surface area (Å²) < 4.78 is 7.51. The first-order chi connectivity index (χ1) is 13.7. The summed E-state index contributed by atoms with van der Waals surface area (Å²) in [7, 11) is 1.66. The summed E-state index contributed by atoms with van der Waals surface area (Å²) in [6.45, 7) is 0.692. The van der Waals surface area contributed by atoms with Crippen molar-refractivity contribution in [2.45, 2.75) is 51.5 Å². The fourth-order valence-electron chi connectivity index (χ4n) is 4.25. The third kappa shape index (κ3) is 3.55. The van der Waals surface area contributed by atoms with Gasteiger partial charge in [0.15, 0.2) is 5.78 Å². The van der Waals surface area contributed by atoms with Crippen molar-refractivity contribution >= 4 is 11.6 Å². The zero-order chi connectivity index (χ0) is 19.5. The van der Waals surface area contributed by atoms with Crippen LogP contribution in [0.3, 0.4) is 0 Å². The summed E-state index contributed by atoms with van der Waals surface area (Å²) in [4.78, 5) is 11.8. The number of hydrogen-bond acceptors (Lipinski definition) is 4. The van der Waals surface area contributed by atoms with Crippen molar-refractivity contribution < 1.29 is 9.53 Å². The lowest BCUT2D eigenvalue weighted by atomic mass is 9.95. The van der Waals surface area contributed by atoms with Gasteiger partial charge in [0.25, 0.3) is 0 Å². The van der Waals surface area contributed by atoms with E-state index in [1.807, 2.05) is 12.1 Å². The molecule has 2 aromatic rings. The molecule has 28 heavy (non-hydrogen) atoms. The Kier molecular flexibility index (Phi) is 5.21. The number of rotatable bonds is 5. The van der Waals surface area contributed by atoms with Crippen molar-refractivity contribution in [2.24, 2.45) is 0 Å². The monoisotopic (exact) mass is 375 g/mol. The number of fused-ring (bicyclic) bond motifs is 1. The predicted octanol–water partition coefficient (Wildman–Crippen LogP) is 4.34. The van der Waals surface area contributed by atoms with Gasteiger partial charge in [0, 0.05) is 30.4 Å². The summed E-state index contributed by atoms with van der Waals surface area (Å²) in [6, 6.07) is 10.5. The molecule has 1 aromatic heterocycles. The van der Waals surface area contributed by atoms with Gasteiger partial charge in [-0.3, -0.25) is 4.79 Å². The Morgan fingerprint density at radius 2 is 1.89 bits per heavy atom. The van der Waals surface area contributed by atoms with Gasteiger partial charge in [-0.25, -0.2) is 0 Å². The molecule has 2 aliphatic rings. The number of aromatic nitrogens is 1. The molecule has 0 radical (unpaired) electrons. The molecule has 0 unspecified atom stereocenters. The van der Waals surface area contributed by atoms with Gasteiger partial charge in [0.1, 0.15) is 17.6 Å². The molecule has 0 spiro atoms. The van der Waals surface area contributed by atoms with Gasteiger partial charge in [-0.1, -0.05) is 12.1 Å². The van der Waals surface area contributed by atoms with E-state index >= 15 is 0 Å². The number of benzene rings is 1. The molecule has 1 N–H and O–H groups in total. The summed E-state index contributed by atoms with van der Waals surface area (Å²) in [5, 5.41) is 13.4. The zero-order valence-corrected chi connectivity index (χ0v) is 16.3. The highest BCUT2D eigenvalue weighted by Gasteiger charge is 2.26. The van der Waals surface area contributed by atoms with Crippen molar-refractivity contribution in [1.82, 2.24) is 4.57 Å². The highest BCUT2D eigenvalue weighted by atomic mass is 16.5. The van der Waals surface area contributed by atoms with Gasteiger partial charge >= 0.3 is 0 Å². The lowest BCUT2D eigenvalue weighted by Crippen LogP contribution is -2.14. The minimum absolute atomic E-state index is 0.158. The predicted molar refractivity (Wildman–Crippen MR) is 108 cm³/mol. The molecule has 1 heterocycles. The van der Waals surface area contributed by atoms with Gasteiger partial charge in [-0.2, -0.15) is 5.26 Å². The number of methoxy groups -OCH3 is 1. The van der Waals surface area contributed by atoms with Gasteiger partial charge in [0.2, 0.25) is 0 Å². The van der Waals surface area contributed by atoms with E-state index in [1.54, 1.807) is 13.2 Å². The van der Waals surface area contributed by atoms with Gasteiger partial charge in [-0.05, 0) is 61.8 Å². The molecule has 5 heteroatoms. The third-order valence-electron chi connectivity index (χ3n) is 5.67. The van der Waals surface area contributed by atoms with Crippen LogP contribution < -0.4 is 10.1 Å². The Morgan fingerprint density at radius 1 is 1.11 bits per heavy atom. The number of ketones is 1. The number of anilines is 1. The van der Waals surface area contributed by atoms with Crippen molar-refractivity contribution in [3.05, 3.63) is 58.4 Å². The van der Waals surface area contributed by atoms with E-state index < -0.39 is 0 Å². The Labute approximate surface area is 165 Å². The molecular weight excluding hydrogens is 350 g/mol. The number of nitrogens with zero attached hydrogens (tertiary/aromatic N) is 2. The number of hydrogen-bond donors (Lipinski definition) is 1. The molecule has 0 saturated heterocycles. The highest BCUT2D eigenvalue weighted by Crippen LogP contribution is 2.35. The quantitative estimate of drug-likeness (QED) is 0.844. The molecule has 4 rings (SSSR count). The van der Waals surface area contributed by atoms with E-state index in [2.05, 4.69) is 28.1 Å². The molecule has 144 valence electrons. The maximum Gasteiger partial charge on any atom is 0.157 e. The SMILES string of the molecule is COc1ccc(Cn2c3c(c(C#N)c2NC2=CC(=O)CCC2)CCCC3)cc1. The van der Waals surface area contributed by atoms with E-state index in [9.17, 15) is 10.1 Å². The molecule has 2 aliphatic carbocycles. The van der Waals surface area contributed by atoms with Gasteiger partial charge in [-0.15, -0.1) is 0 Å². The van der Waals surface area contributed by atoms with Gasteiger partial charge < -0.3 is 14.6 Å². The van der Waals surface area contributed by atoms with Gasteiger partial charge in [0.05, 0.1) is 12.7 Å². The lowest BCUT2D eigenvalue weighted by Gasteiger charge is -2.19. The number of carbonyl (C=O) groups excluding carboxylic acids is 1. The first-order valence-electron chi connectivity index (χ1n) is 9.97. The second kappa shape index (κ2) is 7.93. The summed E-state index contributed by atoms with van der Waals surface area (Å²) in [5.74, 6) is 1.83. The minimum atomic E-state index is 0.158. The zero-order valence-electron chi connectivity index (χ0n) is 16.3. The topological polar surface area (TPSA) is 67.1 Å². The van der Waals surface area contributed by atoms with Crippen molar-refractivity contribution in [1.29, 1.82) is 5.26 Å². The lowest BCUT2D eigenvalue weighted by molar-refractivity contribution is -0.115. The molecular formula is C23H25N3O2. The summed E-state index contributed by atoms with van der Waals surface area (Å²) in [5.41, 5.74) is 5.24. The molecule has 0 aliphatic heterocycles. The molecule has 0 saturated carbocycles. The van der Waals surface area contributed by atoms with Crippen LogP contribution in [0, 0.1) is 11.3 Å². The van der Waals surface area contributed by atoms with Crippen molar-refractivity contribution in [3.8, 4) is 11.8 Å². The van der Waals surface area contributed by atoms with Crippen LogP contribution in [0.25, 0.3) is 0 Å². The number of allylic oxidation sites excluding steroid dienone is 2. The second-order valence-corrected chi connectivity index (χ2v) is 7.52. The normalized spacial score (nSPS) is 16.1. The molecule has 0 bridgehead atoms. The molecule has 1 aromatic carbocycles.